The highest BCUT2D eigenvalue weighted by atomic mass is 35.5. The zero-order valence-electron chi connectivity index (χ0n) is 13.8. The van der Waals surface area contributed by atoms with Crippen LogP contribution in [0.1, 0.15) is 32.6 Å². The van der Waals surface area contributed by atoms with Crippen molar-refractivity contribution in [2.45, 2.75) is 39.8 Å². The fraction of sp³-hybridized carbons (Fsp3) is 0.600. The average molecular weight is 346 g/mol. The number of thiophene rings is 1. The van der Waals surface area contributed by atoms with Crippen LogP contribution in [0.2, 0.25) is 4.34 Å². The molecule has 124 valence electrons. The number of halogens is 1. The number of ether oxygens (including phenoxy) is 1. The van der Waals surface area contributed by atoms with Crippen molar-refractivity contribution >= 4 is 34.9 Å². The first-order chi connectivity index (χ1) is 10.2. The highest BCUT2D eigenvalue weighted by Gasteiger charge is 2.16. The molecule has 1 rings (SSSR count). The van der Waals surface area contributed by atoms with Gasteiger partial charge in [-0.15, -0.1) is 11.3 Å². The van der Waals surface area contributed by atoms with Crippen LogP contribution in [0.5, 0.6) is 0 Å². The molecule has 0 saturated heterocycles. The molecule has 1 aromatic rings. The molecule has 7 heteroatoms. The number of guanidine groups is 1. The smallest absolute Gasteiger partial charge is 0.328 e. The molecule has 22 heavy (non-hydrogen) atoms. The molecule has 1 heterocycles. The molecular formula is C15H24ClN3O2S. The second kappa shape index (κ2) is 8.39. The van der Waals surface area contributed by atoms with Gasteiger partial charge < -0.3 is 15.0 Å². The summed E-state index contributed by atoms with van der Waals surface area (Å²) in [5.41, 5.74) is -0.495. The molecule has 0 amide bonds. The summed E-state index contributed by atoms with van der Waals surface area (Å²) in [5.74, 6) is 0.327. The van der Waals surface area contributed by atoms with Crippen LogP contribution in [0.15, 0.2) is 17.1 Å². The summed E-state index contributed by atoms with van der Waals surface area (Å²) in [4.78, 5) is 19.2. The summed E-state index contributed by atoms with van der Waals surface area (Å²) in [5, 5.41) is 3.17. The van der Waals surface area contributed by atoms with Gasteiger partial charge in [-0.3, -0.25) is 4.79 Å². The zero-order chi connectivity index (χ0) is 16.8. The van der Waals surface area contributed by atoms with Crippen molar-refractivity contribution in [2.24, 2.45) is 4.99 Å². The van der Waals surface area contributed by atoms with E-state index in [9.17, 15) is 4.79 Å². The van der Waals surface area contributed by atoms with Gasteiger partial charge >= 0.3 is 5.97 Å². The van der Waals surface area contributed by atoms with E-state index in [-0.39, 0.29) is 12.5 Å². The number of carbonyl (C=O) groups is 1. The van der Waals surface area contributed by atoms with Crippen molar-refractivity contribution in [2.75, 3.05) is 20.1 Å². The Morgan fingerprint density at radius 1 is 1.45 bits per heavy atom. The van der Waals surface area contributed by atoms with Crippen molar-refractivity contribution in [3.8, 4) is 0 Å². The predicted octanol–water partition coefficient (Wildman–Crippen LogP) is 3.14. The molecule has 0 radical (unpaired) electrons. The summed E-state index contributed by atoms with van der Waals surface area (Å²) in [6.07, 6.45) is 0. The summed E-state index contributed by atoms with van der Waals surface area (Å²) in [6.45, 7) is 8.90. The van der Waals surface area contributed by atoms with Gasteiger partial charge in [-0.25, -0.2) is 4.99 Å². The number of hydrogen-bond donors (Lipinski definition) is 1. The maximum absolute atomic E-state index is 11.8. The average Bonchev–Trinajstić information content (AvgIpc) is 2.77. The molecule has 0 aromatic carbocycles. The lowest BCUT2D eigenvalue weighted by atomic mass is 10.2. The molecule has 0 saturated carbocycles. The molecule has 0 bridgehead atoms. The van der Waals surface area contributed by atoms with E-state index in [0.717, 1.165) is 15.8 Å². The summed E-state index contributed by atoms with van der Waals surface area (Å²) < 4.78 is 6.02. The fourth-order valence-electron chi connectivity index (χ4n) is 1.73. The van der Waals surface area contributed by atoms with Crippen LogP contribution in [0, 0.1) is 0 Å². The molecule has 5 nitrogen and oxygen atoms in total. The first-order valence-corrected chi connectivity index (χ1v) is 8.36. The Balaban J connectivity index is 2.66. The molecule has 0 aliphatic carbocycles. The van der Waals surface area contributed by atoms with Crippen molar-refractivity contribution in [3.63, 3.8) is 0 Å². The Hall–Kier alpha value is -1.27. The van der Waals surface area contributed by atoms with Crippen molar-refractivity contribution in [3.05, 3.63) is 21.3 Å². The van der Waals surface area contributed by atoms with Gasteiger partial charge in [0, 0.05) is 18.5 Å². The molecule has 0 unspecified atom stereocenters. The van der Waals surface area contributed by atoms with Crippen LogP contribution in [0.3, 0.4) is 0 Å². The largest absolute Gasteiger partial charge is 0.459 e. The predicted molar refractivity (Wildman–Crippen MR) is 92.6 cm³/mol. The van der Waals surface area contributed by atoms with Gasteiger partial charge in [-0.2, -0.15) is 0 Å². The van der Waals surface area contributed by atoms with E-state index >= 15 is 0 Å². The molecule has 0 atom stereocenters. The number of rotatable bonds is 5. The lowest BCUT2D eigenvalue weighted by molar-refractivity contribution is -0.152. The van der Waals surface area contributed by atoms with Crippen LogP contribution < -0.4 is 5.32 Å². The first kappa shape index (κ1) is 18.8. The molecule has 1 aromatic heterocycles. The van der Waals surface area contributed by atoms with Crippen molar-refractivity contribution in [1.82, 2.24) is 10.2 Å². The monoisotopic (exact) mass is 345 g/mol. The minimum absolute atomic E-state index is 0.00482. The van der Waals surface area contributed by atoms with Gasteiger partial charge in [0.15, 0.2) is 5.96 Å². The molecule has 0 fully saturated rings. The third-order valence-electron chi connectivity index (χ3n) is 2.50. The Kier molecular flexibility index (Phi) is 7.16. The summed E-state index contributed by atoms with van der Waals surface area (Å²) in [7, 11) is 1.92. The molecular weight excluding hydrogens is 322 g/mol. The van der Waals surface area contributed by atoms with E-state index in [1.54, 1.807) is 0 Å². The third kappa shape index (κ3) is 7.13. The number of nitrogens with one attached hydrogen (secondary N) is 1. The van der Waals surface area contributed by atoms with Gasteiger partial charge in [0.1, 0.15) is 12.1 Å². The highest BCUT2D eigenvalue weighted by molar-refractivity contribution is 7.16. The number of nitrogens with zero attached hydrogens (tertiary/aromatic N) is 2. The second-order valence-corrected chi connectivity index (χ2v) is 7.62. The molecule has 0 spiro atoms. The van der Waals surface area contributed by atoms with Gasteiger partial charge in [-0.1, -0.05) is 11.6 Å². The lowest BCUT2D eigenvalue weighted by Crippen LogP contribution is -2.39. The minimum Gasteiger partial charge on any atom is -0.459 e. The zero-order valence-corrected chi connectivity index (χ0v) is 15.3. The second-order valence-electron chi connectivity index (χ2n) is 5.82. The van der Waals surface area contributed by atoms with Gasteiger partial charge in [0.05, 0.1) is 10.9 Å². The molecule has 1 N–H and O–H groups in total. The topological polar surface area (TPSA) is 53.9 Å². The quantitative estimate of drug-likeness (QED) is 0.506. The molecule has 0 aliphatic heterocycles. The van der Waals surface area contributed by atoms with Gasteiger partial charge in [-0.05, 0) is 39.8 Å². The SMILES string of the molecule is CCNC(=NCC(=O)OC(C)(C)C)N(C)Cc1ccc(Cl)s1. The fourth-order valence-corrected chi connectivity index (χ4v) is 2.87. The maximum atomic E-state index is 11.8. The van der Waals surface area contributed by atoms with Crippen LogP contribution in [-0.4, -0.2) is 42.6 Å². The van der Waals surface area contributed by atoms with Crippen LogP contribution in [-0.2, 0) is 16.1 Å². The number of hydrogen-bond acceptors (Lipinski definition) is 4. The van der Waals surface area contributed by atoms with E-state index in [1.807, 2.05) is 51.8 Å². The van der Waals surface area contributed by atoms with Crippen LogP contribution in [0.4, 0.5) is 0 Å². The highest BCUT2D eigenvalue weighted by Crippen LogP contribution is 2.22. The number of carbonyl (C=O) groups excluding carboxylic acids is 1. The molecule has 0 aliphatic rings. The number of aliphatic imine (C=N–C) groups is 1. The van der Waals surface area contributed by atoms with Crippen molar-refractivity contribution < 1.29 is 9.53 Å². The minimum atomic E-state index is -0.495. The van der Waals surface area contributed by atoms with E-state index in [1.165, 1.54) is 11.3 Å². The maximum Gasteiger partial charge on any atom is 0.328 e. The van der Waals surface area contributed by atoms with Crippen LogP contribution in [0.25, 0.3) is 0 Å². The van der Waals surface area contributed by atoms with Crippen LogP contribution >= 0.6 is 22.9 Å². The van der Waals surface area contributed by atoms with E-state index in [2.05, 4.69) is 10.3 Å². The Labute approximate surface area is 141 Å². The van der Waals surface area contributed by atoms with E-state index in [4.69, 9.17) is 16.3 Å². The van der Waals surface area contributed by atoms with E-state index < -0.39 is 5.60 Å². The Morgan fingerprint density at radius 2 is 2.14 bits per heavy atom. The van der Waals surface area contributed by atoms with E-state index in [0.29, 0.717) is 12.5 Å². The number of esters is 1. The lowest BCUT2D eigenvalue weighted by Gasteiger charge is -2.22. The normalized spacial score (nSPS) is 12.2. The van der Waals surface area contributed by atoms with Crippen molar-refractivity contribution in [1.29, 1.82) is 0 Å². The Bertz CT molecular complexity index is 523. The summed E-state index contributed by atoms with van der Waals surface area (Å²) in [6, 6.07) is 3.86. The first-order valence-electron chi connectivity index (χ1n) is 7.16. The van der Waals surface area contributed by atoms with Gasteiger partial charge in [0.25, 0.3) is 0 Å². The summed E-state index contributed by atoms with van der Waals surface area (Å²) >= 11 is 7.47. The third-order valence-corrected chi connectivity index (χ3v) is 3.71. The standard InChI is InChI=1S/C15H24ClN3O2S/c1-6-17-14(18-9-13(20)21-15(2,3)4)19(5)10-11-7-8-12(16)22-11/h7-8H,6,9-10H2,1-5H3,(H,17,18). The Morgan fingerprint density at radius 3 is 2.64 bits per heavy atom. The van der Waals surface area contributed by atoms with Gasteiger partial charge in [0.2, 0.25) is 0 Å².